The summed E-state index contributed by atoms with van der Waals surface area (Å²) in [5.41, 5.74) is -2.79. The maximum absolute atomic E-state index is 11.5. The number of aliphatic carboxylic acids is 2. The maximum Gasteiger partial charge on any atom is 1.00 e. The van der Waals surface area contributed by atoms with E-state index < -0.39 is 22.8 Å². The molecular formula is C13H20K2O4. The number of hydrogen-bond acceptors (Lipinski definition) is 4. The topological polar surface area (TPSA) is 80.3 Å². The third kappa shape index (κ3) is 4.84. The van der Waals surface area contributed by atoms with Crippen LogP contribution in [-0.2, 0) is 9.59 Å². The Morgan fingerprint density at radius 2 is 1.26 bits per heavy atom. The van der Waals surface area contributed by atoms with Crippen LogP contribution in [0.4, 0.5) is 0 Å². The Balaban J connectivity index is 0. The van der Waals surface area contributed by atoms with Crippen LogP contribution in [-0.4, -0.2) is 11.9 Å². The molecule has 0 aromatic carbocycles. The van der Waals surface area contributed by atoms with Crippen molar-refractivity contribution in [2.24, 2.45) is 16.7 Å². The van der Waals surface area contributed by atoms with Crippen LogP contribution in [0.1, 0.15) is 52.9 Å². The normalized spacial score (nSPS) is 17.0. The number of carbonyl (C=O) groups excluding carboxylic acids is 2. The fourth-order valence-corrected chi connectivity index (χ4v) is 3.18. The first-order valence-corrected chi connectivity index (χ1v) is 6.17. The van der Waals surface area contributed by atoms with Crippen LogP contribution in [0.5, 0.6) is 0 Å². The molecule has 0 radical (unpaired) electrons. The van der Waals surface area contributed by atoms with Gasteiger partial charge in [0.15, 0.2) is 0 Å². The maximum atomic E-state index is 11.5. The Bertz CT molecular complexity index is 303. The summed E-state index contributed by atoms with van der Waals surface area (Å²) in [6.07, 6.45) is 4.04. The second-order valence-electron chi connectivity index (χ2n) is 5.97. The van der Waals surface area contributed by atoms with Gasteiger partial charge in [0.1, 0.15) is 0 Å². The van der Waals surface area contributed by atoms with Crippen molar-refractivity contribution in [3.8, 4) is 0 Å². The molecule has 0 bridgehead atoms. The number of hydrogen-bond donors (Lipinski definition) is 0. The van der Waals surface area contributed by atoms with Crippen molar-refractivity contribution in [3.63, 3.8) is 0 Å². The summed E-state index contributed by atoms with van der Waals surface area (Å²) in [5.74, 6) is -3.39. The van der Waals surface area contributed by atoms with Gasteiger partial charge in [0.2, 0.25) is 0 Å². The van der Waals surface area contributed by atoms with E-state index in [0.717, 1.165) is 19.3 Å². The van der Waals surface area contributed by atoms with E-state index in [1.54, 1.807) is 20.8 Å². The zero-order valence-electron chi connectivity index (χ0n) is 12.7. The summed E-state index contributed by atoms with van der Waals surface area (Å²) < 4.78 is 0. The molecule has 0 amide bonds. The monoisotopic (exact) mass is 318 g/mol. The SMILES string of the molecule is CC(C)(C)C(C(=O)[O-])(C(=O)[O-])C1CCCCC1.[K+].[K+]. The van der Waals surface area contributed by atoms with E-state index in [1.807, 2.05) is 0 Å². The summed E-state index contributed by atoms with van der Waals surface area (Å²) in [6, 6.07) is 0. The minimum absolute atomic E-state index is 0. The molecule has 4 nitrogen and oxygen atoms in total. The summed E-state index contributed by atoms with van der Waals surface area (Å²) in [4.78, 5) is 23.0. The zero-order valence-corrected chi connectivity index (χ0v) is 19.0. The van der Waals surface area contributed by atoms with Gasteiger partial charge < -0.3 is 19.8 Å². The third-order valence-electron chi connectivity index (χ3n) is 4.04. The van der Waals surface area contributed by atoms with Gasteiger partial charge in [-0.15, -0.1) is 0 Å². The van der Waals surface area contributed by atoms with Gasteiger partial charge in [0.25, 0.3) is 0 Å². The van der Waals surface area contributed by atoms with Gasteiger partial charge >= 0.3 is 103 Å². The van der Waals surface area contributed by atoms with Gasteiger partial charge in [-0.1, -0.05) is 40.0 Å². The van der Waals surface area contributed by atoms with Crippen molar-refractivity contribution in [1.29, 1.82) is 0 Å². The fraction of sp³-hybridized carbons (Fsp3) is 0.846. The molecule has 0 aromatic rings. The van der Waals surface area contributed by atoms with Gasteiger partial charge in [-0.25, -0.2) is 0 Å². The third-order valence-corrected chi connectivity index (χ3v) is 4.04. The Labute approximate surface area is 200 Å². The molecule has 0 heterocycles. The van der Waals surface area contributed by atoms with Crippen LogP contribution in [0.2, 0.25) is 0 Å². The van der Waals surface area contributed by atoms with Crippen LogP contribution >= 0.6 is 0 Å². The van der Waals surface area contributed by atoms with E-state index in [0.29, 0.717) is 12.8 Å². The molecule has 0 aliphatic heterocycles. The van der Waals surface area contributed by atoms with Crippen LogP contribution in [0.25, 0.3) is 0 Å². The van der Waals surface area contributed by atoms with Crippen molar-refractivity contribution in [1.82, 2.24) is 0 Å². The van der Waals surface area contributed by atoms with Gasteiger partial charge in [-0.05, 0) is 24.2 Å². The Hall–Kier alpha value is 2.21. The molecular weight excluding hydrogens is 298 g/mol. The molecule has 0 saturated heterocycles. The van der Waals surface area contributed by atoms with Gasteiger partial charge in [0, 0.05) is 0 Å². The molecule has 0 atom stereocenters. The molecule has 6 heteroatoms. The molecule has 1 aliphatic rings. The van der Waals surface area contributed by atoms with E-state index in [1.165, 1.54) is 0 Å². The summed E-state index contributed by atoms with van der Waals surface area (Å²) in [5, 5.41) is 23.0. The number of carbonyl (C=O) groups is 2. The fourth-order valence-electron chi connectivity index (χ4n) is 3.18. The van der Waals surface area contributed by atoms with Gasteiger partial charge in [0.05, 0.1) is 17.4 Å². The number of carboxylic acids is 2. The predicted molar refractivity (Wildman–Crippen MR) is 58.5 cm³/mol. The van der Waals surface area contributed by atoms with Crippen LogP contribution in [0.15, 0.2) is 0 Å². The molecule has 19 heavy (non-hydrogen) atoms. The van der Waals surface area contributed by atoms with E-state index >= 15 is 0 Å². The molecule has 0 spiro atoms. The Morgan fingerprint density at radius 1 is 0.895 bits per heavy atom. The second kappa shape index (κ2) is 9.37. The Morgan fingerprint density at radius 3 is 1.53 bits per heavy atom. The van der Waals surface area contributed by atoms with Crippen molar-refractivity contribution in [2.75, 3.05) is 0 Å². The van der Waals surface area contributed by atoms with Crippen LogP contribution in [0.3, 0.4) is 0 Å². The smallest absolute Gasteiger partial charge is 0.549 e. The van der Waals surface area contributed by atoms with Gasteiger partial charge in [-0.2, -0.15) is 0 Å². The minimum atomic E-state index is -1.88. The number of rotatable bonds is 3. The summed E-state index contributed by atoms with van der Waals surface area (Å²) in [7, 11) is 0. The number of carboxylic acid groups (broad SMARTS) is 2. The molecule has 0 N–H and O–H groups in total. The average molecular weight is 318 g/mol. The molecule has 1 rings (SSSR count). The van der Waals surface area contributed by atoms with Crippen molar-refractivity contribution < 1.29 is 123 Å². The first kappa shape index (κ1) is 23.5. The van der Waals surface area contributed by atoms with E-state index in [9.17, 15) is 19.8 Å². The van der Waals surface area contributed by atoms with Gasteiger partial charge in [-0.3, -0.25) is 0 Å². The average Bonchev–Trinajstić information content (AvgIpc) is 2.16. The standard InChI is InChI=1S/C13H22O4.2K/c1-12(2,3)13(10(14)15,11(16)17)9-7-5-4-6-8-9;;/h9H,4-8H2,1-3H3,(H,14,15)(H,16,17);;/q;2*+1/p-2. The first-order chi connectivity index (χ1) is 7.74. The van der Waals surface area contributed by atoms with Crippen molar-refractivity contribution in [2.45, 2.75) is 52.9 Å². The molecule has 0 aromatic heterocycles. The van der Waals surface area contributed by atoms with Crippen molar-refractivity contribution >= 4 is 11.9 Å². The first-order valence-electron chi connectivity index (χ1n) is 6.17. The van der Waals surface area contributed by atoms with E-state index in [-0.39, 0.29) is 109 Å². The Kier molecular flexibility index (Phi) is 11.6. The minimum Gasteiger partial charge on any atom is -0.549 e. The zero-order chi connectivity index (χ0) is 13.3. The van der Waals surface area contributed by atoms with E-state index in [4.69, 9.17) is 0 Å². The van der Waals surface area contributed by atoms with Crippen LogP contribution in [0, 0.1) is 16.7 Å². The predicted octanol–water partition coefficient (Wildman–Crippen LogP) is -5.89. The molecule has 1 saturated carbocycles. The molecule has 1 fully saturated rings. The molecule has 98 valence electrons. The summed E-state index contributed by atoms with van der Waals surface area (Å²) >= 11 is 0. The molecule has 0 unspecified atom stereocenters. The quantitative estimate of drug-likeness (QED) is 0.383. The molecule has 1 aliphatic carbocycles. The van der Waals surface area contributed by atoms with E-state index in [2.05, 4.69) is 0 Å². The largest absolute Gasteiger partial charge is 1.00 e. The summed E-state index contributed by atoms with van der Waals surface area (Å²) in [6.45, 7) is 4.90. The van der Waals surface area contributed by atoms with Crippen LogP contribution < -0.4 is 113 Å². The van der Waals surface area contributed by atoms with Crippen molar-refractivity contribution in [3.05, 3.63) is 0 Å². The second-order valence-corrected chi connectivity index (χ2v) is 5.97.